The summed E-state index contributed by atoms with van der Waals surface area (Å²) in [4.78, 5) is 0. The van der Waals surface area contributed by atoms with Crippen molar-refractivity contribution in [1.82, 2.24) is 0 Å². The molecule has 2 heteroatoms. The van der Waals surface area contributed by atoms with Crippen molar-refractivity contribution in [3.63, 3.8) is 0 Å². The van der Waals surface area contributed by atoms with Crippen LogP contribution in [0.3, 0.4) is 0 Å². The molecule has 1 aliphatic rings. The quantitative estimate of drug-likeness (QED) is 0.802. The second-order valence-electron chi connectivity index (χ2n) is 4.29. The third-order valence-electron chi connectivity index (χ3n) is 3.15. The highest BCUT2D eigenvalue weighted by Crippen LogP contribution is 2.43. The van der Waals surface area contributed by atoms with Crippen LogP contribution in [0.4, 0.5) is 0 Å². The van der Waals surface area contributed by atoms with E-state index in [4.69, 9.17) is 0 Å². The average Bonchev–Trinajstić information content (AvgIpc) is 2.57. The van der Waals surface area contributed by atoms with E-state index in [2.05, 4.69) is 22.9 Å². The predicted molar refractivity (Wildman–Crippen MR) is 61.6 cm³/mol. The molecule has 1 N–H and O–H groups in total. The van der Waals surface area contributed by atoms with Gasteiger partial charge in [-0.1, -0.05) is 25.5 Å². The van der Waals surface area contributed by atoms with E-state index in [9.17, 15) is 5.11 Å². The van der Waals surface area contributed by atoms with Crippen LogP contribution in [0.5, 0.6) is 5.75 Å². The molecule has 1 saturated carbocycles. The van der Waals surface area contributed by atoms with Crippen molar-refractivity contribution >= 4 is 15.9 Å². The first-order chi connectivity index (χ1) is 6.68. The maximum Gasteiger partial charge on any atom is 0.133 e. The highest BCUT2D eigenvalue weighted by atomic mass is 79.9. The molecular formula is C12H15BrO. The monoisotopic (exact) mass is 254 g/mol. The van der Waals surface area contributed by atoms with Crippen molar-refractivity contribution in [3.8, 4) is 5.75 Å². The molecule has 2 atom stereocenters. The van der Waals surface area contributed by atoms with Crippen molar-refractivity contribution in [2.75, 3.05) is 0 Å². The number of para-hydroxylation sites is 1. The zero-order valence-electron chi connectivity index (χ0n) is 8.33. The van der Waals surface area contributed by atoms with E-state index in [0.29, 0.717) is 11.7 Å². The van der Waals surface area contributed by atoms with Crippen LogP contribution in [0.15, 0.2) is 22.7 Å². The largest absolute Gasteiger partial charge is 0.506 e. The van der Waals surface area contributed by atoms with Gasteiger partial charge in [0.15, 0.2) is 0 Å². The van der Waals surface area contributed by atoms with Crippen molar-refractivity contribution in [2.24, 2.45) is 5.92 Å². The fourth-order valence-corrected chi connectivity index (χ4v) is 2.73. The van der Waals surface area contributed by atoms with Crippen LogP contribution in [0.1, 0.15) is 37.7 Å². The Morgan fingerprint density at radius 2 is 2.14 bits per heavy atom. The normalized spacial score (nSPS) is 26.7. The van der Waals surface area contributed by atoms with Crippen molar-refractivity contribution < 1.29 is 5.11 Å². The minimum atomic E-state index is 0.437. The van der Waals surface area contributed by atoms with E-state index in [1.165, 1.54) is 19.3 Å². The van der Waals surface area contributed by atoms with E-state index < -0.39 is 0 Å². The first-order valence-corrected chi connectivity index (χ1v) is 5.95. The van der Waals surface area contributed by atoms with Gasteiger partial charge in [-0.2, -0.15) is 0 Å². The molecule has 1 aromatic carbocycles. The highest BCUT2D eigenvalue weighted by Gasteiger charge is 2.25. The van der Waals surface area contributed by atoms with Gasteiger partial charge >= 0.3 is 0 Å². The van der Waals surface area contributed by atoms with Gasteiger partial charge < -0.3 is 5.11 Å². The second-order valence-corrected chi connectivity index (χ2v) is 5.15. The molecule has 1 aromatic rings. The van der Waals surface area contributed by atoms with Crippen molar-refractivity contribution in [2.45, 2.75) is 32.1 Å². The van der Waals surface area contributed by atoms with Crippen LogP contribution < -0.4 is 0 Å². The fourth-order valence-electron chi connectivity index (χ4n) is 2.35. The van der Waals surface area contributed by atoms with Gasteiger partial charge in [0.05, 0.1) is 4.47 Å². The predicted octanol–water partition coefficient (Wildman–Crippen LogP) is 4.06. The molecule has 0 aromatic heterocycles. The average molecular weight is 255 g/mol. The summed E-state index contributed by atoms with van der Waals surface area (Å²) in [6, 6.07) is 5.93. The Balaban J connectivity index is 2.28. The van der Waals surface area contributed by atoms with Gasteiger partial charge in [-0.3, -0.25) is 0 Å². The first-order valence-electron chi connectivity index (χ1n) is 5.16. The minimum absolute atomic E-state index is 0.437. The molecule has 1 fully saturated rings. The topological polar surface area (TPSA) is 20.2 Å². The lowest BCUT2D eigenvalue weighted by molar-refractivity contribution is 0.456. The molecule has 2 rings (SSSR count). The molecule has 2 unspecified atom stereocenters. The lowest BCUT2D eigenvalue weighted by atomic mass is 9.96. The van der Waals surface area contributed by atoms with Gasteiger partial charge in [0, 0.05) is 0 Å². The fraction of sp³-hybridized carbons (Fsp3) is 0.500. The zero-order valence-corrected chi connectivity index (χ0v) is 9.92. The molecule has 0 saturated heterocycles. The van der Waals surface area contributed by atoms with Crippen LogP contribution >= 0.6 is 15.9 Å². The summed E-state index contributed by atoms with van der Waals surface area (Å²) >= 11 is 3.36. The number of hydrogen-bond donors (Lipinski definition) is 1. The Hall–Kier alpha value is -0.500. The number of phenolic OH excluding ortho intramolecular Hbond substituents is 1. The molecule has 0 spiro atoms. The molecule has 14 heavy (non-hydrogen) atoms. The molecular weight excluding hydrogens is 240 g/mol. The lowest BCUT2D eigenvalue weighted by Gasteiger charge is -2.12. The number of hydrogen-bond acceptors (Lipinski definition) is 1. The number of phenols is 1. The molecule has 76 valence electrons. The van der Waals surface area contributed by atoms with Gasteiger partial charge in [0.1, 0.15) is 5.75 Å². The first kappa shape index (κ1) is 10.0. The third kappa shape index (κ3) is 1.81. The zero-order chi connectivity index (χ0) is 10.1. The van der Waals surface area contributed by atoms with Gasteiger partial charge in [-0.15, -0.1) is 0 Å². The van der Waals surface area contributed by atoms with Crippen LogP contribution in [-0.4, -0.2) is 5.11 Å². The number of rotatable bonds is 1. The van der Waals surface area contributed by atoms with Crippen LogP contribution in [0, 0.1) is 5.92 Å². The lowest BCUT2D eigenvalue weighted by Crippen LogP contribution is -1.94. The molecule has 0 amide bonds. The highest BCUT2D eigenvalue weighted by molar-refractivity contribution is 9.10. The summed E-state index contributed by atoms with van der Waals surface area (Å²) in [5.41, 5.74) is 1.11. The maximum absolute atomic E-state index is 9.90. The van der Waals surface area contributed by atoms with Crippen molar-refractivity contribution in [1.29, 1.82) is 0 Å². The molecule has 0 aliphatic heterocycles. The Kier molecular flexibility index (Phi) is 2.82. The Morgan fingerprint density at radius 3 is 2.79 bits per heavy atom. The Morgan fingerprint density at radius 1 is 1.36 bits per heavy atom. The van der Waals surface area contributed by atoms with Crippen LogP contribution in [-0.2, 0) is 0 Å². The van der Waals surface area contributed by atoms with E-state index in [1.54, 1.807) is 0 Å². The smallest absolute Gasteiger partial charge is 0.133 e. The summed E-state index contributed by atoms with van der Waals surface area (Å²) in [5.74, 6) is 1.80. The standard InChI is InChI=1S/C12H15BrO/c1-8-5-6-9(7-8)10-3-2-4-11(13)12(10)14/h2-4,8-9,14H,5-7H2,1H3. The summed E-state index contributed by atoms with van der Waals surface area (Å²) in [6.07, 6.45) is 3.71. The van der Waals surface area contributed by atoms with Crippen LogP contribution in [0.2, 0.25) is 0 Å². The molecule has 0 radical (unpaired) electrons. The Bertz CT molecular complexity index is 335. The number of benzene rings is 1. The molecule has 1 nitrogen and oxygen atoms in total. The van der Waals surface area contributed by atoms with E-state index in [-0.39, 0.29) is 0 Å². The molecule has 0 heterocycles. The molecule has 1 aliphatic carbocycles. The van der Waals surface area contributed by atoms with Gasteiger partial charge in [-0.25, -0.2) is 0 Å². The van der Waals surface area contributed by atoms with Crippen molar-refractivity contribution in [3.05, 3.63) is 28.2 Å². The van der Waals surface area contributed by atoms with E-state index in [1.807, 2.05) is 18.2 Å². The third-order valence-corrected chi connectivity index (χ3v) is 3.79. The second kappa shape index (κ2) is 3.93. The van der Waals surface area contributed by atoms with E-state index >= 15 is 0 Å². The summed E-state index contributed by atoms with van der Waals surface area (Å²) in [6.45, 7) is 2.29. The summed E-state index contributed by atoms with van der Waals surface area (Å²) in [7, 11) is 0. The number of halogens is 1. The van der Waals surface area contributed by atoms with Crippen LogP contribution in [0.25, 0.3) is 0 Å². The van der Waals surface area contributed by atoms with Gasteiger partial charge in [-0.05, 0) is 52.2 Å². The van der Waals surface area contributed by atoms with Gasteiger partial charge in [0.25, 0.3) is 0 Å². The SMILES string of the molecule is CC1CCC(c2cccc(Br)c2O)C1. The summed E-state index contributed by atoms with van der Waals surface area (Å²) in [5, 5.41) is 9.90. The minimum Gasteiger partial charge on any atom is -0.506 e. The van der Waals surface area contributed by atoms with E-state index in [0.717, 1.165) is 16.0 Å². The number of aromatic hydroxyl groups is 1. The Labute approximate surface area is 93.3 Å². The van der Waals surface area contributed by atoms with Gasteiger partial charge in [0.2, 0.25) is 0 Å². The molecule has 0 bridgehead atoms. The summed E-state index contributed by atoms with van der Waals surface area (Å²) < 4.78 is 0.814. The maximum atomic E-state index is 9.90.